The zero-order valence-electron chi connectivity index (χ0n) is 6.45. The Morgan fingerprint density at radius 1 is 1.46 bits per heavy atom. The number of aromatic amines is 1. The van der Waals surface area contributed by atoms with Crippen LogP contribution in [0.15, 0.2) is 28.7 Å². The zero-order valence-corrected chi connectivity index (χ0v) is 8.04. The largest absolute Gasteiger partial charge is 0.358 e. The Bertz CT molecular complexity index is 478. The third-order valence-electron chi connectivity index (χ3n) is 1.79. The number of nitro groups is 1. The molecule has 1 heterocycles. The van der Waals surface area contributed by atoms with Crippen molar-refractivity contribution in [3.63, 3.8) is 0 Å². The monoisotopic (exact) mass is 240 g/mol. The molecule has 4 nitrogen and oxygen atoms in total. The number of benzene rings is 1. The molecule has 0 aliphatic heterocycles. The lowest BCUT2D eigenvalue weighted by Crippen LogP contribution is -1.85. The summed E-state index contributed by atoms with van der Waals surface area (Å²) in [6.07, 6.45) is 0. The van der Waals surface area contributed by atoms with Gasteiger partial charge in [0.2, 0.25) is 0 Å². The molecular formula is C8H5BrN2O2. The predicted molar refractivity (Wildman–Crippen MR) is 52.7 cm³/mol. The summed E-state index contributed by atoms with van der Waals surface area (Å²) in [5.41, 5.74) is 0.765. The first-order valence-electron chi connectivity index (χ1n) is 3.60. The number of hydrogen-bond acceptors (Lipinski definition) is 2. The van der Waals surface area contributed by atoms with Crippen LogP contribution < -0.4 is 0 Å². The number of nitrogens with zero attached hydrogens (tertiary/aromatic N) is 1. The lowest BCUT2D eigenvalue weighted by atomic mass is 10.2. The van der Waals surface area contributed by atoms with Crippen molar-refractivity contribution in [2.75, 3.05) is 0 Å². The van der Waals surface area contributed by atoms with Gasteiger partial charge in [0, 0.05) is 15.9 Å². The van der Waals surface area contributed by atoms with Gasteiger partial charge in [0.15, 0.2) is 0 Å². The summed E-state index contributed by atoms with van der Waals surface area (Å²) in [5.74, 6) is 0.0156. The van der Waals surface area contributed by atoms with Crippen LogP contribution >= 0.6 is 15.9 Å². The summed E-state index contributed by atoms with van der Waals surface area (Å²) in [7, 11) is 0. The summed E-state index contributed by atoms with van der Waals surface area (Å²) in [5, 5.41) is 11.3. The van der Waals surface area contributed by atoms with Crippen LogP contribution in [0.5, 0.6) is 0 Å². The average Bonchev–Trinajstić information content (AvgIpc) is 2.49. The molecule has 0 aliphatic carbocycles. The quantitative estimate of drug-likeness (QED) is 0.616. The van der Waals surface area contributed by atoms with E-state index in [2.05, 4.69) is 20.9 Å². The Balaban J connectivity index is 2.75. The van der Waals surface area contributed by atoms with Crippen LogP contribution in [0.4, 0.5) is 5.82 Å². The van der Waals surface area contributed by atoms with Gasteiger partial charge < -0.3 is 10.1 Å². The molecule has 1 N–H and O–H groups in total. The molecule has 0 saturated heterocycles. The van der Waals surface area contributed by atoms with Crippen LogP contribution in [-0.2, 0) is 0 Å². The first-order valence-corrected chi connectivity index (χ1v) is 4.39. The summed E-state index contributed by atoms with van der Waals surface area (Å²) in [6.45, 7) is 0. The van der Waals surface area contributed by atoms with E-state index < -0.39 is 4.92 Å². The molecule has 0 atom stereocenters. The predicted octanol–water partition coefficient (Wildman–Crippen LogP) is 2.84. The molecule has 5 heteroatoms. The van der Waals surface area contributed by atoms with Gasteiger partial charge in [-0.2, -0.15) is 0 Å². The molecule has 0 unspecified atom stereocenters. The number of halogens is 1. The highest BCUT2D eigenvalue weighted by Crippen LogP contribution is 2.26. The number of fused-ring (bicyclic) bond motifs is 1. The lowest BCUT2D eigenvalue weighted by molar-refractivity contribution is -0.389. The average molecular weight is 241 g/mol. The van der Waals surface area contributed by atoms with Gasteiger partial charge in [-0.25, -0.2) is 4.98 Å². The van der Waals surface area contributed by atoms with Gasteiger partial charge in [-0.05, 0) is 17.1 Å². The summed E-state index contributed by atoms with van der Waals surface area (Å²) in [6, 6.07) is 6.99. The van der Waals surface area contributed by atoms with Gasteiger partial charge in [0.1, 0.15) is 5.52 Å². The Kier molecular flexibility index (Phi) is 1.81. The van der Waals surface area contributed by atoms with Gasteiger partial charge in [-0.15, -0.1) is 0 Å². The van der Waals surface area contributed by atoms with Gasteiger partial charge in [-0.3, -0.25) is 0 Å². The number of rotatable bonds is 1. The Hall–Kier alpha value is -1.36. The van der Waals surface area contributed by atoms with E-state index in [1.54, 1.807) is 6.07 Å². The molecule has 1 aromatic heterocycles. The fourth-order valence-corrected chi connectivity index (χ4v) is 1.68. The Morgan fingerprint density at radius 3 is 2.85 bits per heavy atom. The van der Waals surface area contributed by atoms with Crippen LogP contribution in [0.1, 0.15) is 0 Å². The summed E-state index contributed by atoms with van der Waals surface area (Å²) >= 11 is 3.32. The van der Waals surface area contributed by atoms with Gasteiger partial charge in [-0.1, -0.05) is 22.0 Å². The van der Waals surface area contributed by atoms with E-state index >= 15 is 0 Å². The van der Waals surface area contributed by atoms with Crippen LogP contribution in [-0.4, -0.2) is 9.91 Å². The van der Waals surface area contributed by atoms with Crippen molar-refractivity contribution in [1.29, 1.82) is 0 Å². The van der Waals surface area contributed by atoms with E-state index in [9.17, 15) is 10.1 Å². The molecule has 13 heavy (non-hydrogen) atoms. The molecule has 66 valence electrons. The molecule has 2 rings (SSSR count). The molecule has 0 bridgehead atoms. The summed E-state index contributed by atoms with van der Waals surface area (Å²) < 4.78 is 0.856. The normalized spacial score (nSPS) is 10.5. The van der Waals surface area contributed by atoms with E-state index in [1.807, 2.05) is 12.1 Å². The van der Waals surface area contributed by atoms with E-state index in [0.717, 1.165) is 15.4 Å². The second-order valence-corrected chi connectivity index (χ2v) is 3.47. The first-order chi connectivity index (χ1) is 6.18. The van der Waals surface area contributed by atoms with Crippen molar-refractivity contribution in [3.8, 4) is 0 Å². The number of nitrogens with one attached hydrogen (secondary N) is 1. The van der Waals surface area contributed by atoms with Crippen LogP contribution in [0.25, 0.3) is 10.9 Å². The fraction of sp³-hybridized carbons (Fsp3) is 0. The smallest absolute Gasteiger partial charge is 0.321 e. The Morgan fingerprint density at radius 2 is 2.23 bits per heavy atom. The van der Waals surface area contributed by atoms with E-state index in [0.29, 0.717) is 0 Å². The molecule has 0 fully saturated rings. The van der Waals surface area contributed by atoms with Crippen molar-refractivity contribution in [1.82, 2.24) is 4.98 Å². The topological polar surface area (TPSA) is 58.9 Å². The molecular weight excluding hydrogens is 236 g/mol. The minimum absolute atomic E-state index is 0.0156. The molecule has 0 saturated carbocycles. The summed E-state index contributed by atoms with van der Waals surface area (Å²) in [4.78, 5) is 12.7. The minimum atomic E-state index is -0.438. The van der Waals surface area contributed by atoms with Crippen LogP contribution in [0.3, 0.4) is 0 Å². The third kappa shape index (κ3) is 1.31. The molecule has 1 aromatic carbocycles. The van der Waals surface area contributed by atoms with Gasteiger partial charge in [0.05, 0.1) is 0 Å². The van der Waals surface area contributed by atoms with Crippen molar-refractivity contribution in [2.24, 2.45) is 0 Å². The molecule has 0 spiro atoms. The SMILES string of the molecule is O=[N+]([O-])c1cc2c(Br)cccc2[nH]1. The fourth-order valence-electron chi connectivity index (χ4n) is 1.20. The molecule has 0 aliphatic rings. The van der Waals surface area contributed by atoms with Crippen LogP contribution in [0.2, 0.25) is 0 Å². The van der Waals surface area contributed by atoms with Crippen molar-refractivity contribution in [2.45, 2.75) is 0 Å². The maximum absolute atomic E-state index is 10.4. The van der Waals surface area contributed by atoms with E-state index in [4.69, 9.17) is 0 Å². The van der Waals surface area contributed by atoms with Crippen LogP contribution in [0, 0.1) is 10.1 Å². The Labute approximate surface area is 81.8 Å². The van der Waals surface area contributed by atoms with Gasteiger partial charge >= 0.3 is 5.82 Å². The maximum atomic E-state index is 10.4. The second kappa shape index (κ2) is 2.85. The molecule has 0 amide bonds. The maximum Gasteiger partial charge on any atom is 0.321 e. The first kappa shape index (κ1) is 8.25. The number of H-pyrrole nitrogens is 1. The lowest BCUT2D eigenvalue weighted by Gasteiger charge is -1.87. The highest BCUT2D eigenvalue weighted by atomic mass is 79.9. The van der Waals surface area contributed by atoms with Crippen molar-refractivity contribution >= 4 is 32.7 Å². The minimum Gasteiger partial charge on any atom is -0.358 e. The van der Waals surface area contributed by atoms with Crippen molar-refractivity contribution in [3.05, 3.63) is 38.9 Å². The van der Waals surface area contributed by atoms with E-state index in [-0.39, 0.29) is 5.82 Å². The highest BCUT2D eigenvalue weighted by Gasteiger charge is 2.10. The highest BCUT2D eigenvalue weighted by molar-refractivity contribution is 9.10. The third-order valence-corrected chi connectivity index (χ3v) is 2.48. The van der Waals surface area contributed by atoms with Gasteiger partial charge in [0.25, 0.3) is 0 Å². The molecule has 2 aromatic rings. The number of hydrogen-bond donors (Lipinski definition) is 1. The van der Waals surface area contributed by atoms with Crippen molar-refractivity contribution < 1.29 is 4.92 Å². The second-order valence-electron chi connectivity index (χ2n) is 2.61. The standard InChI is InChI=1S/C8H5BrN2O2/c9-6-2-1-3-7-5(6)4-8(10-7)11(12)13/h1-4,10H. The zero-order chi connectivity index (χ0) is 9.42. The number of aromatic nitrogens is 1. The molecule has 0 radical (unpaired) electrons. The van der Waals surface area contributed by atoms with E-state index in [1.165, 1.54) is 6.07 Å².